The first-order valence-corrected chi connectivity index (χ1v) is 11.5. The second-order valence-corrected chi connectivity index (χ2v) is 10.1. The van der Waals surface area contributed by atoms with Crippen LogP contribution in [0.2, 0.25) is 0 Å². The Morgan fingerprint density at radius 2 is 1.79 bits per heavy atom. The largest absolute Gasteiger partial charge is 0.435 e. The number of rotatable bonds is 7. The maximum Gasteiger partial charge on any atom is 0.387 e. The summed E-state index contributed by atoms with van der Waals surface area (Å²) in [7, 11) is -3.40. The molecule has 0 bridgehead atoms. The van der Waals surface area contributed by atoms with Gasteiger partial charge in [0.25, 0.3) is 5.91 Å². The lowest BCUT2D eigenvalue weighted by Gasteiger charge is -2.21. The van der Waals surface area contributed by atoms with E-state index in [1.165, 1.54) is 17.6 Å². The number of thiazole rings is 1. The van der Waals surface area contributed by atoms with Crippen molar-refractivity contribution in [3.05, 3.63) is 40.0 Å². The normalized spacial score (nSPS) is 13.8. The standard InChI is InChI=1S/C19H25F2N3O3S2/c1-10(2)14-6-13(27-19(20)21)7-15(11(3)4)16(14)8-17(25)24-29(22,26)18-12(5)23-9-28-18/h6-7,9-11,19H,8H2,1-5H3,(H2,22,24,25,26). The van der Waals surface area contributed by atoms with E-state index in [1.807, 2.05) is 27.7 Å². The minimum Gasteiger partial charge on any atom is -0.435 e. The van der Waals surface area contributed by atoms with Crippen LogP contribution in [0.15, 0.2) is 26.2 Å². The maximum atomic E-state index is 12.7. The molecule has 1 atom stereocenters. The third-order valence-electron chi connectivity index (χ3n) is 4.29. The molecule has 160 valence electrons. The number of hydrogen-bond acceptors (Lipinski definition) is 5. The van der Waals surface area contributed by atoms with Crippen LogP contribution in [-0.2, 0) is 21.1 Å². The summed E-state index contributed by atoms with van der Waals surface area (Å²) in [5.74, 6) is -0.704. The predicted molar refractivity (Wildman–Crippen MR) is 110 cm³/mol. The van der Waals surface area contributed by atoms with Crippen molar-refractivity contribution in [3.8, 4) is 5.75 Å². The number of benzene rings is 1. The van der Waals surface area contributed by atoms with Crippen LogP contribution in [0.5, 0.6) is 5.75 Å². The smallest absolute Gasteiger partial charge is 0.387 e. The van der Waals surface area contributed by atoms with Gasteiger partial charge in [0.2, 0.25) is 0 Å². The molecule has 0 radical (unpaired) electrons. The molecule has 0 aliphatic rings. The second kappa shape index (κ2) is 9.27. The summed E-state index contributed by atoms with van der Waals surface area (Å²) in [6, 6.07) is 3.02. The number of carbonyl (C=O) groups is 1. The number of nitrogens with two attached hydrogens (primary N) is 1. The van der Waals surface area contributed by atoms with Crippen molar-refractivity contribution >= 4 is 27.2 Å². The lowest BCUT2D eigenvalue weighted by molar-refractivity contribution is -0.117. The highest BCUT2D eigenvalue weighted by molar-refractivity contribution is 7.93. The van der Waals surface area contributed by atoms with Crippen molar-refractivity contribution in [2.24, 2.45) is 9.50 Å². The van der Waals surface area contributed by atoms with Crippen molar-refractivity contribution in [1.29, 1.82) is 0 Å². The fourth-order valence-electron chi connectivity index (χ4n) is 3.04. The van der Waals surface area contributed by atoms with Crippen LogP contribution < -0.4 is 9.88 Å². The number of carbonyl (C=O) groups excluding carboxylic acids is 1. The van der Waals surface area contributed by atoms with Crippen LogP contribution in [0.3, 0.4) is 0 Å². The van der Waals surface area contributed by atoms with E-state index in [0.29, 0.717) is 22.4 Å². The monoisotopic (exact) mass is 445 g/mol. The van der Waals surface area contributed by atoms with E-state index in [4.69, 9.17) is 5.14 Å². The van der Waals surface area contributed by atoms with Gasteiger partial charge < -0.3 is 4.74 Å². The predicted octanol–water partition coefficient (Wildman–Crippen LogP) is 4.77. The summed E-state index contributed by atoms with van der Waals surface area (Å²) in [6.07, 6.45) is -0.137. The minimum atomic E-state index is -3.40. The zero-order chi connectivity index (χ0) is 21.9. The molecule has 29 heavy (non-hydrogen) atoms. The molecule has 10 heteroatoms. The molecular weight excluding hydrogens is 420 g/mol. The van der Waals surface area contributed by atoms with E-state index >= 15 is 0 Å². The zero-order valence-electron chi connectivity index (χ0n) is 16.9. The quantitative estimate of drug-likeness (QED) is 0.664. The fraction of sp³-hybridized carbons (Fsp3) is 0.474. The minimum absolute atomic E-state index is 0.0449. The van der Waals surface area contributed by atoms with Gasteiger partial charge in [-0.15, -0.1) is 15.7 Å². The summed E-state index contributed by atoms with van der Waals surface area (Å²) in [5.41, 5.74) is 4.03. The van der Waals surface area contributed by atoms with Gasteiger partial charge in [-0.2, -0.15) is 8.78 Å². The van der Waals surface area contributed by atoms with Gasteiger partial charge in [-0.05, 0) is 47.6 Å². The molecule has 2 N–H and O–H groups in total. The molecule has 1 heterocycles. The van der Waals surface area contributed by atoms with Crippen molar-refractivity contribution in [2.75, 3.05) is 0 Å². The van der Waals surface area contributed by atoms with Crippen LogP contribution in [0.4, 0.5) is 8.78 Å². The van der Waals surface area contributed by atoms with E-state index in [1.54, 1.807) is 6.92 Å². The highest BCUT2D eigenvalue weighted by Gasteiger charge is 2.22. The second-order valence-electron chi connectivity index (χ2n) is 7.22. The van der Waals surface area contributed by atoms with Crippen molar-refractivity contribution in [3.63, 3.8) is 0 Å². The van der Waals surface area contributed by atoms with Crippen LogP contribution in [0.25, 0.3) is 0 Å². The van der Waals surface area contributed by atoms with Crippen molar-refractivity contribution < 1.29 is 22.5 Å². The third kappa shape index (κ3) is 5.80. The molecular formula is C19H25F2N3O3S2. The Morgan fingerprint density at radius 1 is 1.24 bits per heavy atom. The Labute approximate surface area is 173 Å². The summed E-state index contributed by atoms with van der Waals surface area (Å²) < 4.78 is 46.8. The van der Waals surface area contributed by atoms with E-state index < -0.39 is 22.4 Å². The van der Waals surface area contributed by atoms with Crippen molar-refractivity contribution in [2.45, 2.75) is 63.7 Å². The van der Waals surface area contributed by atoms with Gasteiger partial charge >= 0.3 is 6.61 Å². The topological polar surface area (TPSA) is 94.6 Å². The van der Waals surface area contributed by atoms with Gasteiger partial charge in [-0.25, -0.2) is 14.3 Å². The molecule has 1 aromatic carbocycles. The van der Waals surface area contributed by atoms with E-state index in [-0.39, 0.29) is 28.2 Å². The Hall–Kier alpha value is -1.91. The molecule has 0 aliphatic carbocycles. The molecule has 1 aromatic heterocycles. The average molecular weight is 446 g/mol. The maximum absolute atomic E-state index is 12.7. The highest BCUT2D eigenvalue weighted by atomic mass is 32.2. The van der Waals surface area contributed by atoms with Gasteiger partial charge in [0.05, 0.1) is 17.6 Å². The van der Waals surface area contributed by atoms with Gasteiger partial charge in [0.15, 0.2) is 9.92 Å². The number of ether oxygens (including phenoxy) is 1. The SMILES string of the molecule is Cc1ncsc1S(N)(=O)=NC(=O)Cc1c(C(C)C)cc(OC(F)F)cc1C(C)C. The molecule has 0 spiro atoms. The van der Waals surface area contributed by atoms with Crippen LogP contribution in [0, 0.1) is 6.92 Å². The first kappa shape index (κ1) is 23.4. The van der Waals surface area contributed by atoms with Gasteiger partial charge in [-0.3, -0.25) is 4.79 Å². The summed E-state index contributed by atoms with van der Waals surface area (Å²) in [6.45, 7) is 6.27. The van der Waals surface area contributed by atoms with E-state index in [0.717, 1.165) is 11.3 Å². The Balaban J connectivity index is 2.50. The summed E-state index contributed by atoms with van der Waals surface area (Å²) in [4.78, 5) is 16.6. The van der Waals surface area contributed by atoms with Gasteiger partial charge in [0, 0.05) is 0 Å². The number of aromatic nitrogens is 1. The van der Waals surface area contributed by atoms with Crippen LogP contribution >= 0.6 is 11.3 Å². The third-order valence-corrected chi connectivity index (χ3v) is 7.32. The molecule has 1 amide bonds. The molecule has 1 unspecified atom stereocenters. The summed E-state index contributed by atoms with van der Waals surface area (Å²) >= 11 is 1.08. The van der Waals surface area contributed by atoms with Gasteiger partial charge in [0.1, 0.15) is 9.96 Å². The zero-order valence-corrected chi connectivity index (χ0v) is 18.6. The highest BCUT2D eigenvalue weighted by Crippen LogP contribution is 2.34. The van der Waals surface area contributed by atoms with Gasteiger partial charge in [-0.1, -0.05) is 27.7 Å². The van der Waals surface area contributed by atoms with Crippen LogP contribution in [0.1, 0.15) is 61.9 Å². The Morgan fingerprint density at radius 3 is 2.21 bits per heavy atom. The number of nitrogens with zero attached hydrogens (tertiary/aromatic N) is 2. The molecule has 2 rings (SSSR count). The van der Waals surface area contributed by atoms with Crippen LogP contribution in [-0.4, -0.2) is 21.7 Å². The first-order valence-electron chi connectivity index (χ1n) is 9.01. The number of aryl methyl sites for hydroxylation is 1. The molecule has 2 aromatic rings. The fourth-order valence-corrected chi connectivity index (χ4v) is 5.29. The molecule has 6 nitrogen and oxygen atoms in total. The molecule has 0 aliphatic heterocycles. The lowest BCUT2D eigenvalue weighted by Crippen LogP contribution is -2.17. The van der Waals surface area contributed by atoms with E-state index in [9.17, 15) is 17.8 Å². The number of amides is 1. The molecule has 0 saturated heterocycles. The van der Waals surface area contributed by atoms with Crippen molar-refractivity contribution in [1.82, 2.24) is 4.98 Å². The number of halogens is 2. The Bertz CT molecular complexity index is 981. The lowest BCUT2D eigenvalue weighted by atomic mass is 9.86. The average Bonchev–Trinajstić information content (AvgIpc) is 3.01. The van der Waals surface area contributed by atoms with E-state index in [2.05, 4.69) is 14.1 Å². The molecule has 0 saturated carbocycles. The Kier molecular flexibility index (Phi) is 7.47. The summed E-state index contributed by atoms with van der Waals surface area (Å²) in [5, 5.41) is 5.82. The number of hydrogen-bond donors (Lipinski definition) is 1. The first-order chi connectivity index (χ1) is 13.4. The number of alkyl halides is 2. The molecule has 0 fully saturated rings.